The lowest BCUT2D eigenvalue weighted by Gasteiger charge is -2.00. The largest absolute Gasteiger partial charge is 0.236 e. The summed E-state index contributed by atoms with van der Waals surface area (Å²) in [5.41, 5.74) is 3.19. The van der Waals surface area contributed by atoms with Crippen molar-refractivity contribution in [3.8, 4) is 0 Å². The normalized spacial score (nSPS) is 10.2. The van der Waals surface area contributed by atoms with E-state index in [-0.39, 0.29) is 0 Å². The Kier molecular flexibility index (Phi) is 2.39. The molecule has 0 saturated carbocycles. The minimum Gasteiger partial charge on any atom is -0.236 e. The van der Waals surface area contributed by atoms with Gasteiger partial charge in [-0.1, -0.05) is 11.6 Å². The third-order valence-electron chi connectivity index (χ3n) is 1.88. The van der Waals surface area contributed by atoms with Crippen molar-refractivity contribution in [2.75, 3.05) is 5.43 Å². The minimum atomic E-state index is -0.607. The maximum absolute atomic E-state index is 10.2. The first kappa shape index (κ1) is 9.67. The molecule has 1 aromatic heterocycles. The number of fused-ring (bicyclic) bond motifs is 1. The monoisotopic (exact) mass is 223 g/mol. The fraction of sp³-hybridized carbons (Fsp3) is 0. The highest BCUT2D eigenvalue weighted by Crippen LogP contribution is 2.19. The van der Waals surface area contributed by atoms with E-state index in [4.69, 9.17) is 11.6 Å². The molecule has 2 aromatic rings. The van der Waals surface area contributed by atoms with Crippen LogP contribution in [0, 0.1) is 10.1 Å². The average Bonchev–Trinajstić information content (AvgIpc) is 2.17. The molecule has 0 spiro atoms. The molecule has 0 aliphatic carbocycles. The summed E-state index contributed by atoms with van der Waals surface area (Å²) in [5, 5.41) is 10.8. The molecule has 1 aromatic carbocycles. The first-order chi connectivity index (χ1) is 7.15. The number of hydrazine groups is 1. The van der Waals surface area contributed by atoms with Gasteiger partial charge in [0.25, 0.3) is 0 Å². The zero-order chi connectivity index (χ0) is 10.8. The quantitative estimate of drug-likeness (QED) is 0.483. The second-order valence-corrected chi connectivity index (χ2v) is 3.30. The highest BCUT2D eigenvalue weighted by Gasteiger charge is 2.01. The van der Waals surface area contributed by atoms with Gasteiger partial charge in [-0.05, 0) is 30.3 Å². The molecular formula is C9H6ClN3O2. The molecule has 0 saturated heterocycles. The molecule has 0 aliphatic heterocycles. The highest BCUT2D eigenvalue weighted by atomic mass is 35.5. The Hall–Kier alpha value is -1.88. The van der Waals surface area contributed by atoms with Gasteiger partial charge in [0, 0.05) is 5.39 Å². The van der Waals surface area contributed by atoms with Crippen molar-refractivity contribution in [1.29, 1.82) is 0 Å². The van der Waals surface area contributed by atoms with E-state index >= 15 is 0 Å². The predicted octanol–water partition coefficient (Wildman–Crippen LogP) is 2.49. The number of nitro groups is 1. The number of aromatic nitrogens is 1. The Balaban J connectivity index is 2.47. The topological polar surface area (TPSA) is 68.1 Å². The Morgan fingerprint density at radius 1 is 1.33 bits per heavy atom. The summed E-state index contributed by atoms with van der Waals surface area (Å²) in [6.07, 6.45) is 0. The van der Waals surface area contributed by atoms with Gasteiger partial charge in [0.2, 0.25) is 0 Å². The maximum Gasteiger partial charge on any atom is 0.162 e. The number of anilines is 1. The van der Waals surface area contributed by atoms with Crippen molar-refractivity contribution in [1.82, 2.24) is 4.98 Å². The van der Waals surface area contributed by atoms with Crippen molar-refractivity contribution in [3.63, 3.8) is 0 Å². The molecule has 0 bridgehead atoms. The number of hydrogen-bond acceptors (Lipinski definition) is 3. The molecule has 0 fully saturated rings. The van der Waals surface area contributed by atoms with Gasteiger partial charge in [0.1, 0.15) is 10.8 Å². The summed E-state index contributed by atoms with van der Waals surface area (Å²) in [4.78, 5) is 14.3. The summed E-state index contributed by atoms with van der Waals surface area (Å²) < 4.78 is 0. The zero-order valence-corrected chi connectivity index (χ0v) is 8.23. The fourth-order valence-electron chi connectivity index (χ4n) is 1.28. The Morgan fingerprint density at radius 3 is 2.87 bits per heavy atom. The number of pyridine rings is 1. The van der Waals surface area contributed by atoms with Crippen molar-refractivity contribution in [3.05, 3.63) is 45.6 Å². The van der Waals surface area contributed by atoms with Crippen molar-refractivity contribution in [2.24, 2.45) is 0 Å². The van der Waals surface area contributed by atoms with Crippen molar-refractivity contribution < 1.29 is 5.03 Å². The van der Waals surface area contributed by atoms with Gasteiger partial charge in [-0.25, -0.2) is 15.1 Å². The van der Waals surface area contributed by atoms with Crippen molar-refractivity contribution in [2.45, 2.75) is 0 Å². The van der Waals surface area contributed by atoms with Crippen molar-refractivity contribution >= 4 is 28.2 Å². The standard InChI is InChI=1S/C9H6ClN3O2/c10-9-4-1-6-5-7(12-13(14)15)2-3-8(6)11-9/h1-5,12H. The van der Waals surface area contributed by atoms with E-state index in [0.717, 1.165) is 5.39 Å². The van der Waals surface area contributed by atoms with Gasteiger partial charge < -0.3 is 0 Å². The van der Waals surface area contributed by atoms with Gasteiger partial charge >= 0.3 is 0 Å². The molecular weight excluding hydrogens is 218 g/mol. The summed E-state index contributed by atoms with van der Waals surface area (Å²) in [5.74, 6) is 0. The van der Waals surface area contributed by atoms with E-state index in [9.17, 15) is 10.1 Å². The predicted molar refractivity (Wildman–Crippen MR) is 57.4 cm³/mol. The number of benzene rings is 1. The van der Waals surface area contributed by atoms with Gasteiger partial charge in [-0.15, -0.1) is 5.43 Å². The van der Waals surface area contributed by atoms with Crippen LogP contribution in [0.4, 0.5) is 5.69 Å². The van der Waals surface area contributed by atoms with Crippen LogP contribution in [0.2, 0.25) is 5.15 Å². The minimum absolute atomic E-state index is 0.400. The Labute approximate surface area is 89.8 Å². The molecule has 76 valence electrons. The van der Waals surface area contributed by atoms with Gasteiger partial charge in [0.05, 0.1) is 5.52 Å². The van der Waals surface area contributed by atoms with Crippen LogP contribution in [0.3, 0.4) is 0 Å². The Morgan fingerprint density at radius 2 is 2.13 bits per heavy atom. The number of hydrogen-bond donors (Lipinski definition) is 1. The van der Waals surface area contributed by atoms with Crippen LogP contribution in [-0.2, 0) is 0 Å². The number of halogens is 1. The highest BCUT2D eigenvalue weighted by molar-refractivity contribution is 6.29. The molecule has 1 heterocycles. The van der Waals surface area contributed by atoms with Gasteiger partial charge in [-0.2, -0.15) is 0 Å². The van der Waals surface area contributed by atoms with E-state index < -0.39 is 5.03 Å². The molecule has 15 heavy (non-hydrogen) atoms. The number of nitrogens with zero attached hydrogens (tertiary/aromatic N) is 2. The summed E-state index contributed by atoms with van der Waals surface area (Å²) >= 11 is 5.71. The third kappa shape index (κ3) is 2.13. The first-order valence-corrected chi connectivity index (χ1v) is 4.50. The van der Waals surface area contributed by atoms with Crippen LogP contribution in [0.25, 0.3) is 10.9 Å². The second kappa shape index (κ2) is 3.70. The van der Waals surface area contributed by atoms with Crippen LogP contribution >= 0.6 is 11.6 Å². The van der Waals surface area contributed by atoms with Crippen LogP contribution in [0.5, 0.6) is 0 Å². The SMILES string of the molecule is O=[N+]([O-])Nc1ccc2nc(Cl)ccc2c1. The van der Waals surface area contributed by atoms with Gasteiger partial charge in [-0.3, -0.25) is 0 Å². The molecule has 1 N–H and O–H groups in total. The summed E-state index contributed by atoms with van der Waals surface area (Å²) in [6, 6.07) is 8.29. The summed E-state index contributed by atoms with van der Waals surface area (Å²) in [6.45, 7) is 0. The number of nitrogens with one attached hydrogen (secondary N) is 1. The van der Waals surface area contributed by atoms with E-state index in [1.54, 1.807) is 30.3 Å². The van der Waals surface area contributed by atoms with Crippen LogP contribution in [-0.4, -0.2) is 10.0 Å². The van der Waals surface area contributed by atoms with E-state index in [2.05, 4.69) is 10.4 Å². The molecule has 0 radical (unpaired) electrons. The molecule has 6 heteroatoms. The maximum atomic E-state index is 10.2. The van der Waals surface area contributed by atoms with Crippen LogP contribution in [0.15, 0.2) is 30.3 Å². The molecule has 0 atom stereocenters. The van der Waals surface area contributed by atoms with E-state index in [1.165, 1.54) is 0 Å². The summed E-state index contributed by atoms with van der Waals surface area (Å²) in [7, 11) is 0. The van der Waals surface area contributed by atoms with E-state index in [1.807, 2.05) is 0 Å². The molecule has 0 unspecified atom stereocenters. The van der Waals surface area contributed by atoms with Crippen LogP contribution < -0.4 is 5.43 Å². The third-order valence-corrected chi connectivity index (χ3v) is 2.09. The molecule has 5 nitrogen and oxygen atoms in total. The van der Waals surface area contributed by atoms with Gasteiger partial charge in [0.15, 0.2) is 5.03 Å². The lowest BCUT2D eigenvalue weighted by Crippen LogP contribution is -2.07. The first-order valence-electron chi connectivity index (χ1n) is 4.12. The second-order valence-electron chi connectivity index (χ2n) is 2.91. The van der Waals surface area contributed by atoms with E-state index in [0.29, 0.717) is 16.4 Å². The smallest absolute Gasteiger partial charge is 0.162 e. The van der Waals surface area contributed by atoms with Crippen LogP contribution in [0.1, 0.15) is 0 Å². The fourth-order valence-corrected chi connectivity index (χ4v) is 1.43. The Bertz CT molecular complexity index is 530. The number of rotatable bonds is 2. The zero-order valence-electron chi connectivity index (χ0n) is 7.48. The lowest BCUT2D eigenvalue weighted by atomic mass is 10.2. The molecule has 0 aliphatic rings. The molecule has 2 rings (SSSR count). The lowest BCUT2D eigenvalue weighted by molar-refractivity contribution is -0.445. The molecule has 0 amide bonds. The average molecular weight is 224 g/mol.